The number of fused-ring (bicyclic) bond motifs is 2. The van der Waals surface area contributed by atoms with Crippen molar-refractivity contribution in [3.05, 3.63) is 77.6 Å². The number of hydrogen-bond acceptors (Lipinski definition) is 5. The average molecular weight is 415 g/mol. The Hall–Kier alpha value is -2.99. The third kappa shape index (κ3) is 3.87. The van der Waals surface area contributed by atoms with E-state index in [1.807, 2.05) is 42.5 Å². The van der Waals surface area contributed by atoms with Crippen LogP contribution in [0, 0.1) is 0 Å². The molecule has 2 aliphatic rings. The number of benzene rings is 2. The molecule has 6 heteroatoms. The Kier molecular flexibility index (Phi) is 5.32. The highest BCUT2D eigenvalue weighted by Gasteiger charge is 2.23. The number of nitrogens with zero attached hydrogens (tertiary/aromatic N) is 3. The number of aliphatic imine (C=N–C) groups is 1. The molecule has 0 atom stereocenters. The van der Waals surface area contributed by atoms with Crippen LogP contribution in [0.4, 0.5) is 5.82 Å². The summed E-state index contributed by atoms with van der Waals surface area (Å²) in [6.07, 6.45) is 7.22. The second-order valence-electron chi connectivity index (χ2n) is 7.62. The quantitative estimate of drug-likeness (QED) is 0.502. The van der Waals surface area contributed by atoms with Crippen molar-refractivity contribution >= 4 is 29.2 Å². The van der Waals surface area contributed by atoms with E-state index in [0.717, 1.165) is 34.6 Å². The molecular formula is C24H22N4OS. The second-order valence-corrected chi connectivity index (χ2v) is 8.65. The van der Waals surface area contributed by atoms with Crippen molar-refractivity contribution in [3.8, 4) is 0 Å². The van der Waals surface area contributed by atoms with E-state index in [1.54, 1.807) is 6.20 Å². The lowest BCUT2D eigenvalue weighted by atomic mass is 9.95. The van der Waals surface area contributed by atoms with Crippen LogP contribution < -0.4 is 5.32 Å². The summed E-state index contributed by atoms with van der Waals surface area (Å²) < 4.78 is 0. The molecule has 0 unspecified atom stereocenters. The molecule has 0 radical (unpaired) electrons. The van der Waals surface area contributed by atoms with Gasteiger partial charge in [0.2, 0.25) is 0 Å². The number of carbonyl (C=O) groups excluding carboxylic acids is 1. The molecule has 3 aromatic rings. The molecule has 0 bridgehead atoms. The van der Waals surface area contributed by atoms with Gasteiger partial charge < -0.3 is 5.32 Å². The zero-order chi connectivity index (χ0) is 20.3. The lowest BCUT2D eigenvalue weighted by Crippen LogP contribution is -2.36. The minimum atomic E-state index is -0.166. The lowest BCUT2D eigenvalue weighted by Gasteiger charge is -2.22. The minimum absolute atomic E-state index is 0.166. The van der Waals surface area contributed by atoms with Crippen molar-refractivity contribution in [2.45, 2.75) is 48.1 Å². The summed E-state index contributed by atoms with van der Waals surface area (Å²) in [4.78, 5) is 27.9. The maximum Gasteiger partial charge on any atom is 0.271 e. The Labute approximate surface area is 180 Å². The maximum atomic E-state index is 12.8. The SMILES string of the molecule is O=C(NC1CCCCC1)c1cnc2c(n1)N=C(c1ccccc1)c1ccccc1S2. The first kappa shape index (κ1) is 19.0. The van der Waals surface area contributed by atoms with E-state index in [2.05, 4.69) is 27.4 Å². The van der Waals surface area contributed by atoms with Gasteiger partial charge in [-0.15, -0.1) is 0 Å². The second kappa shape index (κ2) is 8.40. The summed E-state index contributed by atoms with van der Waals surface area (Å²) in [5.74, 6) is 0.326. The van der Waals surface area contributed by atoms with E-state index in [0.29, 0.717) is 16.5 Å². The van der Waals surface area contributed by atoms with Crippen molar-refractivity contribution in [2.24, 2.45) is 4.99 Å². The molecule has 2 aromatic carbocycles. The summed E-state index contributed by atoms with van der Waals surface area (Å²) in [6, 6.07) is 18.5. The molecule has 30 heavy (non-hydrogen) atoms. The Balaban J connectivity index is 1.53. The molecule has 1 aromatic heterocycles. The zero-order valence-corrected chi connectivity index (χ0v) is 17.4. The maximum absolute atomic E-state index is 12.8. The molecule has 1 fully saturated rings. The lowest BCUT2D eigenvalue weighted by molar-refractivity contribution is 0.0922. The van der Waals surface area contributed by atoms with Crippen LogP contribution in [0.2, 0.25) is 0 Å². The molecule has 5 nitrogen and oxygen atoms in total. The van der Waals surface area contributed by atoms with Crippen LogP contribution in [-0.2, 0) is 0 Å². The van der Waals surface area contributed by atoms with Gasteiger partial charge in [-0.1, -0.05) is 79.6 Å². The van der Waals surface area contributed by atoms with Crippen molar-refractivity contribution in [2.75, 3.05) is 0 Å². The standard InChI is InChI=1S/C24H22N4OS/c29-23(26-17-11-5-2-6-12-17)19-15-25-24-22(27-19)28-21(16-9-3-1-4-10-16)18-13-7-8-14-20(18)30-24/h1,3-4,7-10,13-15,17H,2,5-6,11-12H2,(H,26,29). The molecule has 1 amide bonds. The predicted octanol–water partition coefficient (Wildman–Crippen LogP) is 5.17. The van der Waals surface area contributed by atoms with E-state index in [9.17, 15) is 4.79 Å². The summed E-state index contributed by atoms with van der Waals surface area (Å²) in [5, 5.41) is 3.83. The van der Waals surface area contributed by atoms with Crippen LogP contribution >= 0.6 is 11.8 Å². The highest BCUT2D eigenvalue weighted by atomic mass is 32.2. The number of amides is 1. The molecule has 5 rings (SSSR count). The van der Waals surface area contributed by atoms with Crippen LogP contribution in [0.3, 0.4) is 0 Å². The first-order valence-corrected chi connectivity index (χ1v) is 11.2. The van der Waals surface area contributed by atoms with Crippen LogP contribution in [0.25, 0.3) is 0 Å². The molecule has 2 heterocycles. The Morgan fingerprint density at radius 2 is 1.73 bits per heavy atom. The van der Waals surface area contributed by atoms with Crippen LogP contribution in [0.15, 0.2) is 75.7 Å². The highest BCUT2D eigenvalue weighted by Crippen LogP contribution is 2.39. The Morgan fingerprint density at radius 3 is 2.57 bits per heavy atom. The third-order valence-electron chi connectivity index (χ3n) is 5.51. The van der Waals surface area contributed by atoms with Crippen LogP contribution in [0.5, 0.6) is 0 Å². The van der Waals surface area contributed by atoms with Gasteiger partial charge in [0.25, 0.3) is 5.91 Å². The molecule has 150 valence electrons. The number of nitrogens with one attached hydrogen (secondary N) is 1. The van der Waals surface area contributed by atoms with E-state index in [4.69, 9.17) is 4.99 Å². The summed E-state index contributed by atoms with van der Waals surface area (Å²) in [7, 11) is 0. The number of aromatic nitrogens is 2. The number of carbonyl (C=O) groups is 1. The highest BCUT2D eigenvalue weighted by molar-refractivity contribution is 7.99. The zero-order valence-electron chi connectivity index (χ0n) is 16.5. The number of hydrogen-bond donors (Lipinski definition) is 1. The summed E-state index contributed by atoms with van der Waals surface area (Å²) in [6.45, 7) is 0. The fraction of sp³-hybridized carbons (Fsp3) is 0.250. The molecule has 0 spiro atoms. The van der Waals surface area contributed by atoms with E-state index >= 15 is 0 Å². The van der Waals surface area contributed by atoms with Crippen molar-refractivity contribution in [1.82, 2.24) is 15.3 Å². The molecule has 1 aliphatic heterocycles. The van der Waals surface area contributed by atoms with Gasteiger partial charge in [-0.25, -0.2) is 15.0 Å². The largest absolute Gasteiger partial charge is 0.348 e. The van der Waals surface area contributed by atoms with E-state index in [-0.39, 0.29) is 11.9 Å². The van der Waals surface area contributed by atoms with Gasteiger partial charge in [0.15, 0.2) is 5.82 Å². The molecule has 1 N–H and O–H groups in total. The number of rotatable bonds is 3. The first-order valence-electron chi connectivity index (χ1n) is 10.4. The topological polar surface area (TPSA) is 67.2 Å². The smallest absolute Gasteiger partial charge is 0.271 e. The van der Waals surface area contributed by atoms with Crippen molar-refractivity contribution < 1.29 is 4.79 Å². The fourth-order valence-corrected chi connectivity index (χ4v) is 4.88. The average Bonchev–Trinajstić information content (AvgIpc) is 2.96. The minimum Gasteiger partial charge on any atom is -0.348 e. The molecule has 1 aliphatic carbocycles. The molecular weight excluding hydrogens is 392 g/mol. The first-order chi connectivity index (χ1) is 14.8. The van der Waals surface area contributed by atoms with Crippen LogP contribution in [0.1, 0.15) is 53.7 Å². The van der Waals surface area contributed by atoms with Gasteiger partial charge >= 0.3 is 0 Å². The van der Waals surface area contributed by atoms with Gasteiger partial charge in [0, 0.05) is 22.1 Å². The monoisotopic (exact) mass is 414 g/mol. The fourth-order valence-electron chi connectivity index (χ4n) is 3.97. The third-order valence-corrected chi connectivity index (χ3v) is 6.57. The van der Waals surface area contributed by atoms with Gasteiger partial charge in [-0.3, -0.25) is 4.79 Å². The Morgan fingerprint density at radius 1 is 0.967 bits per heavy atom. The Bertz CT molecular complexity index is 1110. The van der Waals surface area contributed by atoms with E-state index < -0.39 is 0 Å². The summed E-state index contributed by atoms with van der Waals surface area (Å²) >= 11 is 1.54. The van der Waals surface area contributed by atoms with Crippen LogP contribution in [-0.4, -0.2) is 27.6 Å². The molecule has 0 saturated heterocycles. The van der Waals surface area contributed by atoms with Crippen molar-refractivity contribution in [3.63, 3.8) is 0 Å². The van der Waals surface area contributed by atoms with Gasteiger partial charge in [-0.2, -0.15) is 0 Å². The normalized spacial score (nSPS) is 16.1. The van der Waals surface area contributed by atoms with Gasteiger partial charge in [-0.05, 0) is 18.9 Å². The van der Waals surface area contributed by atoms with E-state index in [1.165, 1.54) is 31.0 Å². The van der Waals surface area contributed by atoms with Gasteiger partial charge in [0.1, 0.15) is 10.7 Å². The predicted molar refractivity (Wildman–Crippen MR) is 119 cm³/mol. The molecule has 1 saturated carbocycles. The van der Waals surface area contributed by atoms with Gasteiger partial charge in [0.05, 0.1) is 11.9 Å². The van der Waals surface area contributed by atoms with Crippen molar-refractivity contribution in [1.29, 1.82) is 0 Å². The summed E-state index contributed by atoms with van der Waals surface area (Å²) in [5.41, 5.74) is 3.22.